The van der Waals surface area contributed by atoms with Crippen molar-refractivity contribution in [2.75, 3.05) is 11.5 Å². The molecule has 0 fully saturated rings. The Labute approximate surface area is 106 Å². The van der Waals surface area contributed by atoms with Gasteiger partial charge >= 0.3 is 0 Å². The summed E-state index contributed by atoms with van der Waals surface area (Å²) in [7, 11) is 0. The summed E-state index contributed by atoms with van der Waals surface area (Å²) in [5, 5.41) is 0.914. The van der Waals surface area contributed by atoms with Crippen molar-refractivity contribution < 1.29 is 0 Å². The van der Waals surface area contributed by atoms with E-state index in [-0.39, 0.29) is 37.2 Å². The highest BCUT2D eigenvalue weighted by atomic mass is 35.5. The molecule has 0 unspecified atom stereocenters. The lowest BCUT2D eigenvalue weighted by Gasteiger charge is -2.02. The van der Waals surface area contributed by atoms with E-state index in [1.54, 1.807) is 18.3 Å². The van der Waals surface area contributed by atoms with Crippen LogP contribution in [0.4, 0.5) is 11.4 Å². The first-order valence-electron chi connectivity index (χ1n) is 3.68. The van der Waals surface area contributed by atoms with Crippen LogP contribution in [-0.4, -0.2) is 4.98 Å². The molecule has 3 nitrogen and oxygen atoms in total. The predicted octanol–water partition coefficient (Wildman–Crippen LogP) is 2.66. The molecule has 2 aromatic rings. The SMILES string of the molecule is Cl.Cl.Cl.Nc1ccc(N)c2ncccc12. The summed E-state index contributed by atoms with van der Waals surface area (Å²) < 4.78 is 0. The zero-order valence-electron chi connectivity index (χ0n) is 7.71. The van der Waals surface area contributed by atoms with E-state index in [0.717, 1.165) is 10.9 Å². The second-order valence-electron chi connectivity index (χ2n) is 2.64. The first-order chi connectivity index (χ1) is 5.79. The molecule has 0 aliphatic rings. The third-order valence-electron chi connectivity index (χ3n) is 1.83. The second-order valence-corrected chi connectivity index (χ2v) is 2.64. The Kier molecular flexibility index (Phi) is 7.23. The van der Waals surface area contributed by atoms with Crippen molar-refractivity contribution in [3.63, 3.8) is 0 Å². The first-order valence-corrected chi connectivity index (χ1v) is 3.68. The highest BCUT2D eigenvalue weighted by Gasteiger charge is 2.00. The van der Waals surface area contributed by atoms with Gasteiger partial charge in [-0.15, -0.1) is 37.2 Å². The highest BCUT2D eigenvalue weighted by Crippen LogP contribution is 2.23. The number of fused-ring (bicyclic) bond motifs is 1. The molecule has 1 heterocycles. The van der Waals surface area contributed by atoms with Crippen molar-refractivity contribution in [2.24, 2.45) is 0 Å². The molecule has 6 heteroatoms. The minimum Gasteiger partial charge on any atom is -0.398 e. The van der Waals surface area contributed by atoms with Crippen molar-refractivity contribution in [2.45, 2.75) is 0 Å². The lowest BCUT2D eigenvalue weighted by atomic mass is 10.1. The van der Waals surface area contributed by atoms with Gasteiger partial charge in [0.2, 0.25) is 0 Å². The number of halogens is 3. The van der Waals surface area contributed by atoms with E-state index in [1.807, 2.05) is 12.1 Å². The number of nitrogens with zero attached hydrogens (tertiary/aromatic N) is 1. The molecule has 1 aromatic carbocycles. The number of anilines is 2. The monoisotopic (exact) mass is 267 g/mol. The number of aromatic nitrogens is 1. The van der Waals surface area contributed by atoms with Gasteiger partial charge in [0.25, 0.3) is 0 Å². The topological polar surface area (TPSA) is 64.9 Å². The molecule has 0 saturated carbocycles. The molecule has 2 rings (SSSR count). The number of pyridine rings is 1. The Morgan fingerprint density at radius 2 is 1.47 bits per heavy atom. The fourth-order valence-electron chi connectivity index (χ4n) is 1.22. The van der Waals surface area contributed by atoms with Crippen LogP contribution < -0.4 is 11.5 Å². The van der Waals surface area contributed by atoms with Gasteiger partial charge in [0, 0.05) is 17.3 Å². The minimum absolute atomic E-state index is 0. The van der Waals surface area contributed by atoms with E-state index in [4.69, 9.17) is 11.5 Å². The van der Waals surface area contributed by atoms with Crippen molar-refractivity contribution in [3.8, 4) is 0 Å². The summed E-state index contributed by atoms with van der Waals surface area (Å²) in [4.78, 5) is 4.14. The molecule has 15 heavy (non-hydrogen) atoms. The summed E-state index contributed by atoms with van der Waals surface area (Å²) in [6, 6.07) is 7.32. The van der Waals surface area contributed by atoms with Crippen LogP contribution in [0.15, 0.2) is 30.5 Å². The van der Waals surface area contributed by atoms with Crippen LogP contribution in [0.3, 0.4) is 0 Å². The Hall–Kier alpha value is -0.900. The maximum atomic E-state index is 5.73. The molecule has 0 spiro atoms. The van der Waals surface area contributed by atoms with Crippen LogP contribution >= 0.6 is 37.2 Å². The van der Waals surface area contributed by atoms with Gasteiger partial charge in [0.15, 0.2) is 0 Å². The number of nitrogens with two attached hydrogens (primary N) is 2. The average molecular weight is 269 g/mol. The molecule has 1 aromatic heterocycles. The van der Waals surface area contributed by atoms with Crippen molar-refractivity contribution in [1.82, 2.24) is 4.98 Å². The Morgan fingerprint density at radius 1 is 0.867 bits per heavy atom. The number of benzene rings is 1. The van der Waals surface area contributed by atoms with Gasteiger partial charge in [-0.25, -0.2) is 0 Å². The maximum absolute atomic E-state index is 5.73. The molecular weight excluding hydrogens is 256 g/mol. The van der Waals surface area contributed by atoms with E-state index in [0.29, 0.717) is 11.4 Å². The van der Waals surface area contributed by atoms with Crippen molar-refractivity contribution in [3.05, 3.63) is 30.5 Å². The molecule has 0 amide bonds. The van der Waals surface area contributed by atoms with E-state index in [2.05, 4.69) is 4.98 Å². The van der Waals surface area contributed by atoms with Gasteiger partial charge in [-0.3, -0.25) is 4.98 Å². The number of nitrogen functional groups attached to an aromatic ring is 2. The van der Waals surface area contributed by atoms with Gasteiger partial charge in [-0.1, -0.05) is 0 Å². The normalized spacial score (nSPS) is 8.27. The lowest BCUT2D eigenvalue weighted by Crippen LogP contribution is -1.93. The highest BCUT2D eigenvalue weighted by molar-refractivity contribution is 5.97. The molecule has 0 atom stereocenters. The Morgan fingerprint density at radius 3 is 2.07 bits per heavy atom. The fourth-order valence-corrected chi connectivity index (χ4v) is 1.22. The molecule has 0 saturated heterocycles. The summed E-state index contributed by atoms with van der Waals surface area (Å²) in [5.41, 5.74) is 13.6. The molecule has 0 bridgehead atoms. The zero-order chi connectivity index (χ0) is 8.55. The van der Waals surface area contributed by atoms with Crippen LogP contribution in [-0.2, 0) is 0 Å². The van der Waals surface area contributed by atoms with Crippen molar-refractivity contribution >= 4 is 59.5 Å². The van der Waals surface area contributed by atoms with Crippen LogP contribution in [0.2, 0.25) is 0 Å². The van der Waals surface area contributed by atoms with Crippen LogP contribution in [0.1, 0.15) is 0 Å². The maximum Gasteiger partial charge on any atom is 0.0951 e. The zero-order valence-corrected chi connectivity index (χ0v) is 10.2. The minimum atomic E-state index is 0. The average Bonchev–Trinajstić information content (AvgIpc) is 2.12. The molecule has 0 radical (unpaired) electrons. The molecule has 84 valence electrons. The van der Waals surface area contributed by atoms with E-state index < -0.39 is 0 Å². The second kappa shape index (κ2) is 6.56. The quantitative estimate of drug-likeness (QED) is 0.722. The first kappa shape index (κ1) is 16.5. The van der Waals surface area contributed by atoms with Crippen molar-refractivity contribution in [1.29, 1.82) is 0 Å². The van der Waals surface area contributed by atoms with Gasteiger partial charge in [-0.05, 0) is 24.3 Å². The summed E-state index contributed by atoms with van der Waals surface area (Å²) in [6.45, 7) is 0. The lowest BCUT2D eigenvalue weighted by molar-refractivity contribution is 1.41. The van der Waals surface area contributed by atoms with Gasteiger partial charge < -0.3 is 11.5 Å². The molecule has 4 N–H and O–H groups in total. The predicted molar refractivity (Wildman–Crippen MR) is 72.3 cm³/mol. The molecule has 0 aliphatic carbocycles. The summed E-state index contributed by atoms with van der Waals surface area (Å²) >= 11 is 0. The van der Waals surface area contributed by atoms with Gasteiger partial charge in [-0.2, -0.15) is 0 Å². The molecular formula is C9H12Cl3N3. The summed E-state index contributed by atoms with van der Waals surface area (Å²) in [5.74, 6) is 0. The van der Waals surface area contributed by atoms with Crippen LogP contribution in [0.5, 0.6) is 0 Å². The van der Waals surface area contributed by atoms with E-state index in [9.17, 15) is 0 Å². The molecule has 0 aliphatic heterocycles. The Bertz CT molecular complexity index is 393. The smallest absolute Gasteiger partial charge is 0.0951 e. The number of hydrogen-bond donors (Lipinski definition) is 2. The Balaban J connectivity index is 0. The summed E-state index contributed by atoms with van der Waals surface area (Å²) in [6.07, 6.45) is 1.71. The third kappa shape index (κ3) is 3.02. The number of hydrogen-bond acceptors (Lipinski definition) is 3. The van der Waals surface area contributed by atoms with Crippen LogP contribution in [0, 0.1) is 0 Å². The van der Waals surface area contributed by atoms with Gasteiger partial charge in [0.1, 0.15) is 0 Å². The van der Waals surface area contributed by atoms with E-state index in [1.165, 1.54) is 0 Å². The van der Waals surface area contributed by atoms with E-state index >= 15 is 0 Å². The fraction of sp³-hybridized carbons (Fsp3) is 0. The largest absolute Gasteiger partial charge is 0.398 e. The van der Waals surface area contributed by atoms with Gasteiger partial charge in [0.05, 0.1) is 11.2 Å². The standard InChI is InChI=1S/C9H9N3.3ClH/c10-7-3-4-8(11)9-6(7)2-1-5-12-9;;;/h1-5H,10-11H2;3*1H. The van der Waals surface area contributed by atoms with Crippen LogP contribution in [0.25, 0.3) is 10.9 Å². The number of rotatable bonds is 0. The third-order valence-corrected chi connectivity index (χ3v) is 1.83.